The molecule has 0 spiro atoms. The summed E-state index contributed by atoms with van der Waals surface area (Å²) >= 11 is 0. The maximum atomic E-state index is 11.4. The monoisotopic (exact) mass is 306 g/mol. The standard InChI is InChI=1S/C20H34O2/c1-15(14-21)12-18-9-11-20(22)13-17(8-10-19(18,20)2)16-6-4-3-5-7-16/h12,16-18,21-22H,3-11,13-14H2,1-2H3/b15-12+/t17-,18+,19+,20-/m0/s1. The van der Waals surface area contributed by atoms with Crippen molar-refractivity contribution in [3.05, 3.63) is 11.6 Å². The molecule has 2 N–H and O–H groups in total. The van der Waals surface area contributed by atoms with Crippen molar-refractivity contribution in [1.29, 1.82) is 0 Å². The fourth-order valence-electron chi connectivity index (χ4n) is 5.79. The summed E-state index contributed by atoms with van der Waals surface area (Å²) in [6, 6.07) is 0. The third kappa shape index (κ3) is 2.78. The van der Waals surface area contributed by atoms with E-state index in [-0.39, 0.29) is 12.0 Å². The first-order chi connectivity index (χ1) is 10.5. The molecule has 0 saturated heterocycles. The Labute approximate surface area is 136 Å². The molecule has 0 unspecified atom stereocenters. The van der Waals surface area contributed by atoms with Crippen molar-refractivity contribution in [3.63, 3.8) is 0 Å². The van der Waals surface area contributed by atoms with Gasteiger partial charge in [0, 0.05) is 5.41 Å². The van der Waals surface area contributed by atoms with E-state index in [9.17, 15) is 10.2 Å². The minimum atomic E-state index is -0.468. The van der Waals surface area contributed by atoms with E-state index in [0.717, 1.165) is 43.1 Å². The number of hydrogen-bond acceptors (Lipinski definition) is 2. The fraction of sp³-hybridized carbons (Fsp3) is 0.900. The van der Waals surface area contributed by atoms with Gasteiger partial charge in [-0.05, 0) is 56.8 Å². The van der Waals surface area contributed by atoms with Crippen LogP contribution in [0.4, 0.5) is 0 Å². The topological polar surface area (TPSA) is 40.5 Å². The SMILES string of the molecule is C/C(=C\[C@H]1CC[C@]2(O)C[C@@H](C3CCCCC3)CC[C@]12C)CO. The minimum absolute atomic E-state index is 0.0224. The molecule has 2 nitrogen and oxygen atoms in total. The Balaban J connectivity index is 1.74. The van der Waals surface area contributed by atoms with Crippen LogP contribution in [0.25, 0.3) is 0 Å². The van der Waals surface area contributed by atoms with Gasteiger partial charge in [-0.2, -0.15) is 0 Å². The number of rotatable bonds is 3. The van der Waals surface area contributed by atoms with E-state index in [1.165, 1.54) is 38.5 Å². The second-order valence-corrected chi connectivity index (χ2v) is 8.67. The maximum Gasteiger partial charge on any atom is 0.0709 e. The molecule has 0 aliphatic heterocycles. The van der Waals surface area contributed by atoms with Crippen LogP contribution >= 0.6 is 0 Å². The summed E-state index contributed by atoms with van der Waals surface area (Å²) in [5, 5.41) is 20.8. The van der Waals surface area contributed by atoms with Crippen molar-refractivity contribution in [2.45, 2.75) is 83.7 Å². The molecular weight excluding hydrogens is 272 g/mol. The van der Waals surface area contributed by atoms with Crippen LogP contribution in [-0.2, 0) is 0 Å². The van der Waals surface area contributed by atoms with Gasteiger partial charge in [-0.1, -0.05) is 50.7 Å². The van der Waals surface area contributed by atoms with E-state index in [0.29, 0.717) is 5.92 Å². The zero-order chi connectivity index (χ0) is 15.8. The van der Waals surface area contributed by atoms with Gasteiger partial charge in [-0.3, -0.25) is 0 Å². The highest BCUT2D eigenvalue weighted by atomic mass is 16.3. The first-order valence-corrected chi connectivity index (χ1v) is 9.49. The highest BCUT2D eigenvalue weighted by Gasteiger charge is 2.58. The zero-order valence-electron chi connectivity index (χ0n) is 14.5. The Morgan fingerprint density at radius 2 is 1.77 bits per heavy atom. The van der Waals surface area contributed by atoms with Gasteiger partial charge in [0.2, 0.25) is 0 Å². The molecule has 0 radical (unpaired) electrons. The quantitative estimate of drug-likeness (QED) is 0.756. The van der Waals surface area contributed by atoms with E-state index >= 15 is 0 Å². The second kappa shape index (κ2) is 6.28. The van der Waals surface area contributed by atoms with Crippen LogP contribution in [0.1, 0.15) is 78.1 Å². The normalized spacial score (nSPS) is 44.1. The molecule has 3 aliphatic rings. The fourth-order valence-corrected chi connectivity index (χ4v) is 5.79. The van der Waals surface area contributed by atoms with Crippen LogP contribution in [-0.4, -0.2) is 22.4 Å². The molecule has 126 valence electrons. The molecule has 0 heterocycles. The van der Waals surface area contributed by atoms with Gasteiger partial charge in [-0.15, -0.1) is 0 Å². The summed E-state index contributed by atoms with van der Waals surface area (Å²) in [4.78, 5) is 0. The Morgan fingerprint density at radius 3 is 2.45 bits per heavy atom. The predicted molar refractivity (Wildman–Crippen MR) is 90.5 cm³/mol. The highest BCUT2D eigenvalue weighted by molar-refractivity contribution is 5.16. The van der Waals surface area contributed by atoms with Gasteiger partial charge >= 0.3 is 0 Å². The van der Waals surface area contributed by atoms with Crippen LogP contribution in [0.2, 0.25) is 0 Å². The molecule has 3 saturated carbocycles. The molecule has 3 fully saturated rings. The molecule has 3 rings (SSSR count). The summed E-state index contributed by atoms with van der Waals surface area (Å²) in [5.41, 5.74) is 0.615. The average molecular weight is 306 g/mol. The smallest absolute Gasteiger partial charge is 0.0709 e. The summed E-state index contributed by atoms with van der Waals surface area (Å²) < 4.78 is 0. The van der Waals surface area contributed by atoms with Crippen LogP contribution < -0.4 is 0 Å². The molecule has 2 heteroatoms. The van der Waals surface area contributed by atoms with E-state index in [1.807, 2.05) is 6.92 Å². The molecule has 0 bridgehead atoms. The molecular formula is C20H34O2. The molecule has 0 aromatic rings. The van der Waals surface area contributed by atoms with E-state index in [4.69, 9.17) is 0 Å². The van der Waals surface area contributed by atoms with Gasteiger partial charge in [0.1, 0.15) is 0 Å². The van der Waals surface area contributed by atoms with Gasteiger partial charge in [0.15, 0.2) is 0 Å². The average Bonchev–Trinajstić information content (AvgIpc) is 2.79. The Hall–Kier alpha value is -0.340. The summed E-state index contributed by atoms with van der Waals surface area (Å²) in [5.74, 6) is 2.06. The Bertz CT molecular complexity index is 423. The molecule has 0 aromatic heterocycles. The Morgan fingerprint density at radius 1 is 1.05 bits per heavy atom. The number of aliphatic hydroxyl groups excluding tert-OH is 1. The number of hydrogen-bond donors (Lipinski definition) is 2. The van der Waals surface area contributed by atoms with Crippen molar-refractivity contribution in [1.82, 2.24) is 0 Å². The van der Waals surface area contributed by atoms with Gasteiger partial charge in [0.25, 0.3) is 0 Å². The lowest BCUT2D eigenvalue weighted by molar-refractivity contribution is -0.118. The first-order valence-electron chi connectivity index (χ1n) is 9.49. The first kappa shape index (κ1) is 16.5. The van der Waals surface area contributed by atoms with Crippen LogP contribution in [0.3, 0.4) is 0 Å². The lowest BCUT2D eigenvalue weighted by Crippen LogP contribution is -2.50. The van der Waals surface area contributed by atoms with Crippen molar-refractivity contribution in [2.75, 3.05) is 6.61 Å². The number of aliphatic hydroxyl groups is 2. The maximum absolute atomic E-state index is 11.4. The zero-order valence-corrected chi connectivity index (χ0v) is 14.5. The molecule has 4 atom stereocenters. The second-order valence-electron chi connectivity index (χ2n) is 8.67. The molecule has 22 heavy (non-hydrogen) atoms. The van der Waals surface area contributed by atoms with Crippen LogP contribution in [0, 0.1) is 23.2 Å². The summed E-state index contributed by atoms with van der Waals surface area (Å²) in [6.45, 7) is 4.47. The van der Waals surface area contributed by atoms with Crippen molar-refractivity contribution in [3.8, 4) is 0 Å². The lowest BCUT2D eigenvalue weighted by Gasteiger charge is -2.51. The van der Waals surface area contributed by atoms with E-state index in [1.54, 1.807) is 0 Å². The number of fused-ring (bicyclic) bond motifs is 1. The van der Waals surface area contributed by atoms with Crippen LogP contribution in [0.15, 0.2) is 11.6 Å². The highest BCUT2D eigenvalue weighted by Crippen LogP contribution is 2.61. The van der Waals surface area contributed by atoms with E-state index in [2.05, 4.69) is 13.0 Å². The molecule has 0 aromatic carbocycles. The molecule has 0 amide bonds. The lowest BCUT2D eigenvalue weighted by atomic mass is 9.57. The van der Waals surface area contributed by atoms with Gasteiger partial charge in [-0.25, -0.2) is 0 Å². The third-order valence-electron chi connectivity index (χ3n) is 7.44. The number of allylic oxidation sites excluding steroid dienone is 1. The molecule has 3 aliphatic carbocycles. The summed E-state index contributed by atoms with van der Waals surface area (Å²) in [7, 11) is 0. The Kier molecular flexibility index (Phi) is 4.71. The van der Waals surface area contributed by atoms with Gasteiger partial charge < -0.3 is 10.2 Å². The van der Waals surface area contributed by atoms with Crippen molar-refractivity contribution in [2.24, 2.45) is 23.2 Å². The predicted octanol–water partition coefficient (Wildman–Crippen LogP) is 4.45. The van der Waals surface area contributed by atoms with Crippen LogP contribution in [0.5, 0.6) is 0 Å². The van der Waals surface area contributed by atoms with Crippen molar-refractivity contribution < 1.29 is 10.2 Å². The minimum Gasteiger partial charge on any atom is -0.392 e. The van der Waals surface area contributed by atoms with E-state index < -0.39 is 5.60 Å². The largest absolute Gasteiger partial charge is 0.392 e. The van der Waals surface area contributed by atoms with Crippen molar-refractivity contribution >= 4 is 0 Å². The summed E-state index contributed by atoms with van der Waals surface area (Å²) in [6.07, 6.45) is 14.8. The van der Waals surface area contributed by atoms with Gasteiger partial charge in [0.05, 0.1) is 12.2 Å². The third-order valence-corrected chi connectivity index (χ3v) is 7.44.